The molecular weight excluding hydrogens is 283 g/mol. The Morgan fingerprint density at radius 3 is 2.67 bits per heavy atom. The fraction of sp³-hybridized carbons (Fsp3) is 0.385. The van der Waals surface area contributed by atoms with Crippen LogP contribution in [-0.2, 0) is 4.79 Å². The van der Waals surface area contributed by atoms with Crippen molar-refractivity contribution in [2.24, 2.45) is 5.92 Å². The molecule has 8 heteroatoms. The minimum atomic E-state index is -0.993. The van der Waals surface area contributed by atoms with Crippen molar-refractivity contribution in [3.05, 3.63) is 39.7 Å². The maximum Gasteiger partial charge on any atom is 0.303 e. The second kappa shape index (κ2) is 7.32. The van der Waals surface area contributed by atoms with E-state index < -0.39 is 28.3 Å². The average Bonchev–Trinajstić information content (AvgIpc) is 2.42. The first-order chi connectivity index (χ1) is 9.85. The highest BCUT2D eigenvalue weighted by atomic mass is 19.1. The molecule has 0 aliphatic heterocycles. The first-order valence-electron chi connectivity index (χ1n) is 6.29. The van der Waals surface area contributed by atoms with Crippen molar-refractivity contribution >= 4 is 17.6 Å². The van der Waals surface area contributed by atoms with Gasteiger partial charge in [0.2, 0.25) is 0 Å². The maximum atomic E-state index is 13.1. The summed E-state index contributed by atoms with van der Waals surface area (Å²) in [6.07, 6.45) is 0.403. The van der Waals surface area contributed by atoms with Crippen LogP contribution in [0.25, 0.3) is 0 Å². The van der Waals surface area contributed by atoms with Gasteiger partial charge in [-0.25, -0.2) is 4.39 Å². The molecule has 1 unspecified atom stereocenters. The minimum Gasteiger partial charge on any atom is -0.481 e. The molecule has 0 bridgehead atoms. The molecule has 0 aromatic heterocycles. The zero-order valence-electron chi connectivity index (χ0n) is 11.3. The van der Waals surface area contributed by atoms with Crippen molar-refractivity contribution < 1.29 is 24.0 Å². The van der Waals surface area contributed by atoms with E-state index >= 15 is 0 Å². The lowest BCUT2D eigenvalue weighted by molar-refractivity contribution is -0.385. The van der Waals surface area contributed by atoms with Gasteiger partial charge in [-0.05, 0) is 18.1 Å². The minimum absolute atomic E-state index is 0.0509. The molecule has 0 aliphatic rings. The predicted molar refractivity (Wildman–Crippen MR) is 71.4 cm³/mol. The Morgan fingerprint density at radius 1 is 1.48 bits per heavy atom. The molecule has 0 spiro atoms. The van der Waals surface area contributed by atoms with Gasteiger partial charge in [-0.15, -0.1) is 0 Å². The van der Waals surface area contributed by atoms with Gasteiger partial charge in [0.05, 0.1) is 4.92 Å². The number of carbonyl (C=O) groups excluding carboxylic acids is 1. The lowest BCUT2D eigenvalue weighted by Crippen LogP contribution is -2.30. The first-order valence-corrected chi connectivity index (χ1v) is 6.29. The normalized spacial score (nSPS) is 11.7. The van der Waals surface area contributed by atoms with E-state index in [1.165, 1.54) is 0 Å². The number of benzene rings is 1. The van der Waals surface area contributed by atoms with E-state index in [0.29, 0.717) is 6.42 Å². The molecule has 0 fully saturated rings. The molecule has 1 amide bonds. The monoisotopic (exact) mass is 298 g/mol. The molecule has 1 atom stereocenters. The molecule has 2 N–H and O–H groups in total. The molecule has 114 valence electrons. The number of hydrogen-bond acceptors (Lipinski definition) is 4. The quantitative estimate of drug-likeness (QED) is 0.590. The first kappa shape index (κ1) is 16.5. The number of carbonyl (C=O) groups is 2. The van der Waals surface area contributed by atoms with Gasteiger partial charge in [0.15, 0.2) is 0 Å². The summed E-state index contributed by atoms with van der Waals surface area (Å²) in [6, 6.07) is 2.60. The Morgan fingerprint density at radius 2 is 2.14 bits per heavy atom. The summed E-state index contributed by atoms with van der Waals surface area (Å²) in [6.45, 7) is 1.82. The van der Waals surface area contributed by atoms with Crippen LogP contribution in [0.1, 0.15) is 30.1 Å². The van der Waals surface area contributed by atoms with Gasteiger partial charge in [-0.2, -0.15) is 0 Å². The molecule has 1 aromatic rings. The lowest BCUT2D eigenvalue weighted by atomic mass is 10.0. The third-order valence-electron chi connectivity index (χ3n) is 2.99. The number of carboxylic acids is 1. The Hall–Kier alpha value is -2.51. The lowest BCUT2D eigenvalue weighted by Gasteiger charge is -2.13. The highest BCUT2D eigenvalue weighted by molar-refractivity contribution is 5.98. The second-order valence-electron chi connectivity index (χ2n) is 4.50. The number of carboxylic acid groups (broad SMARTS) is 1. The van der Waals surface area contributed by atoms with Crippen molar-refractivity contribution in [2.75, 3.05) is 6.54 Å². The van der Waals surface area contributed by atoms with Gasteiger partial charge >= 0.3 is 5.97 Å². The van der Waals surface area contributed by atoms with Gasteiger partial charge in [0.25, 0.3) is 11.6 Å². The molecule has 0 saturated carbocycles. The summed E-state index contributed by atoms with van der Waals surface area (Å²) in [5, 5.41) is 21.9. The SMILES string of the molecule is CCC(CNC(=O)c1cc(F)ccc1[N+](=O)[O-])CC(=O)O. The Kier molecular flexibility index (Phi) is 5.77. The topological polar surface area (TPSA) is 110 Å². The summed E-state index contributed by atoms with van der Waals surface area (Å²) in [7, 11) is 0. The fourth-order valence-electron chi connectivity index (χ4n) is 1.79. The Balaban J connectivity index is 2.82. The van der Waals surface area contributed by atoms with Gasteiger partial charge in [0, 0.05) is 19.0 Å². The van der Waals surface area contributed by atoms with Crippen LogP contribution in [0.5, 0.6) is 0 Å². The second-order valence-corrected chi connectivity index (χ2v) is 4.50. The smallest absolute Gasteiger partial charge is 0.303 e. The third-order valence-corrected chi connectivity index (χ3v) is 2.99. The Bertz CT molecular complexity index is 561. The molecular formula is C13H15FN2O5. The molecule has 7 nitrogen and oxygen atoms in total. The summed E-state index contributed by atoms with van der Waals surface area (Å²) in [5.74, 6) is -2.85. The van der Waals surface area contributed by atoms with Gasteiger partial charge in [-0.3, -0.25) is 19.7 Å². The largest absolute Gasteiger partial charge is 0.481 e. The van der Waals surface area contributed by atoms with Crippen LogP contribution in [0.3, 0.4) is 0 Å². The molecule has 0 aliphatic carbocycles. The van der Waals surface area contributed by atoms with Crippen LogP contribution in [0.15, 0.2) is 18.2 Å². The average molecular weight is 298 g/mol. The van der Waals surface area contributed by atoms with Crippen LogP contribution in [0.4, 0.5) is 10.1 Å². The van der Waals surface area contributed by atoms with Crippen LogP contribution in [0.2, 0.25) is 0 Å². The Labute approximate surface area is 119 Å². The zero-order valence-corrected chi connectivity index (χ0v) is 11.3. The molecule has 0 saturated heterocycles. The van der Waals surface area contributed by atoms with Crippen molar-refractivity contribution in [1.29, 1.82) is 0 Å². The third kappa shape index (κ3) is 4.83. The van der Waals surface area contributed by atoms with Crippen LogP contribution >= 0.6 is 0 Å². The number of nitro groups is 1. The van der Waals surface area contributed by atoms with Crippen molar-refractivity contribution in [2.45, 2.75) is 19.8 Å². The van der Waals surface area contributed by atoms with E-state index in [1.807, 2.05) is 0 Å². The van der Waals surface area contributed by atoms with E-state index in [-0.39, 0.29) is 24.4 Å². The van der Waals surface area contributed by atoms with Crippen molar-refractivity contribution in [3.63, 3.8) is 0 Å². The number of amides is 1. The van der Waals surface area contributed by atoms with Crippen LogP contribution < -0.4 is 5.32 Å². The molecule has 1 rings (SSSR count). The molecule has 0 heterocycles. The number of halogens is 1. The summed E-state index contributed by atoms with van der Waals surface area (Å²) < 4.78 is 13.1. The van der Waals surface area contributed by atoms with E-state index in [2.05, 4.69) is 5.32 Å². The fourth-order valence-corrected chi connectivity index (χ4v) is 1.79. The standard InChI is InChI=1S/C13H15FN2O5/c1-2-8(5-12(17)18)7-15-13(19)10-6-9(14)3-4-11(10)16(20)21/h3-4,6,8H,2,5,7H2,1H3,(H,15,19)(H,17,18). The van der Waals surface area contributed by atoms with Gasteiger partial charge in [0.1, 0.15) is 11.4 Å². The van der Waals surface area contributed by atoms with E-state index in [4.69, 9.17) is 5.11 Å². The van der Waals surface area contributed by atoms with Crippen LogP contribution in [-0.4, -0.2) is 28.5 Å². The number of hydrogen-bond donors (Lipinski definition) is 2. The zero-order chi connectivity index (χ0) is 16.0. The number of nitrogens with zero attached hydrogens (tertiary/aromatic N) is 1. The maximum absolute atomic E-state index is 13.1. The number of nitro benzene ring substituents is 1. The molecule has 21 heavy (non-hydrogen) atoms. The predicted octanol–water partition coefficient (Wildman–Crippen LogP) is 1.96. The number of nitrogens with one attached hydrogen (secondary N) is 1. The van der Waals surface area contributed by atoms with E-state index in [0.717, 1.165) is 18.2 Å². The molecule has 1 aromatic carbocycles. The van der Waals surface area contributed by atoms with Gasteiger partial charge in [-0.1, -0.05) is 13.3 Å². The number of rotatable bonds is 7. The molecule has 0 radical (unpaired) electrons. The van der Waals surface area contributed by atoms with Crippen molar-refractivity contribution in [3.8, 4) is 0 Å². The van der Waals surface area contributed by atoms with Gasteiger partial charge < -0.3 is 10.4 Å². The van der Waals surface area contributed by atoms with Crippen LogP contribution in [0, 0.1) is 21.8 Å². The summed E-state index contributed by atoms with van der Waals surface area (Å²) >= 11 is 0. The number of aliphatic carboxylic acids is 1. The summed E-state index contributed by atoms with van der Waals surface area (Å²) in [5.41, 5.74) is -0.884. The van der Waals surface area contributed by atoms with Crippen molar-refractivity contribution in [1.82, 2.24) is 5.32 Å². The highest BCUT2D eigenvalue weighted by Crippen LogP contribution is 2.19. The highest BCUT2D eigenvalue weighted by Gasteiger charge is 2.21. The summed E-state index contributed by atoms with van der Waals surface area (Å²) in [4.78, 5) is 32.5. The van der Waals surface area contributed by atoms with E-state index in [1.54, 1.807) is 6.92 Å². The van der Waals surface area contributed by atoms with E-state index in [9.17, 15) is 24.1 Å².